The molecule has 0 bridgehead atoms. The summed E-state index contributed by atoms with van der Waals surface area (Å²) in [5.74, 6) is 2.52. The molecule has 4 aliphatic rings. The summed E-state index contributed by atoms with van der Waals surface area (Å²) in [5, 5.41) is 3.41. The van der Waals surface area contributed by atoms with Gasteiger partial charge in [0, 0.05) is 31.7 Å². The molecule has 164 valence electrons. The van der Waals surface area contributed by atoms with E-state index in [1.807, 2.05) is 26.2 Å². The van der Waals surface area contributed by atoms with Crippen LogP contribution in [0.15, 0.2) is 12.3 Å². The van der Waals surface area contributed by atoms with Crippen molar-refractivity contribution < 1.29 is 9.59 Å². The molecule has 7 atom stereocenters. The summed E-state index contributed by atoms with van der Waals surface area (Å²) in [5.41, 5.74) is 2.17. The van der Waals surface area contributed by atoms with Crippen molar-refractivity contribution in [2.24, 2.45) is 28.6 Å². The van der Waals surface area contributed by atoms with Crippen molar-refractivity contribution in [1.29, 1.82) is 0 Å². The molecule has 2 heterocycles. The van der Waals surface area contributed by atoms with Crippen molar-refractivity contribution in [2.45, 2.75) is 84.2 Å². The average Bonchev–Trinajstić information content (AvgIpc) is 3.28. The van der Waals surface area contributed by atoms with E-state index < -0.39 is 0 Å². The lowest BCUT2D eigenvalue weighted by atomic mass is 9.47. The molecule has 3 aliphatic carbocycles. The normalized spacial score (nSPS) is 43.0. The van der Waals surface area contributed by atoms with E-state index in [1.165, 1.54) is 25.7 Å². The molecule has 1 unspecified atom stereocenters. The molecule has 3 saturated carbocycles. The molecule has 5 heteroatoms. The molecule has 4 fully saturated rings. The molecule has 1 aromatic heterocycles. The number of likely N-dealkylation sites (tertiary alicyclic amines) is 1. The minimum absolute atomic E-state index is 0.0505. The number of carbonyl (C=O) groups excluding carboxylic acids is 2. The highest BCUT2D eigenvalue weighted by Crippen LogP contribution is 2.64. The first-order valence-corrected chi connectivity index (χ1v) is 12.0. The average molecular weight is 412 g/mol. The van der Waals surface area contributed by atoms with Crippen molar-refractivity contribution in [3.63, 3.8) is 0 Å². The number of nitrogens with zero attached hydrogens (tertiary/aromatic N) is 1. The quantitative estimate of drug-likeness (QED) is 0.763. The molecular weight excluding hydrogens is 374 g/mol. The van der Waals surface area contributed by atoms with E-state index in [4.69, 9.17) is 0 Å². The van der Waals surface area contributed by atoms with Crippen molar-refractivity contribution in [3.8, 4) is 0 Å². The Balaban J connectivity index is 1.36. The van der Waals surface area contributed by atoms with Crippen LogP contribution in [0.25, 0.3) is 0 Å². The maximum atomic E-state index is 12.9. The number of aromatic nitrogens is 1. The van der Waals surface area contributed by atoms with Gasteiger partial charge in [-0.05, 0) is 92.1 Å². The third kappa shape index (κ3) is 2.73. The zero-order valence-electron chi connectivity index (χ0n) is 19.0. The minimum atomic E-state index is 0.0505. The molecule has 0 spiro atoms. The lowest BCUT2D eigenvalue weighted by Crippen LogP contribution is -2.62. The number of carbonyl (C=O) groups is 2. The number of hydrogen-bond acceptors (Lipinski definition) is 2. The Kier molecular flexibility index (Phi) is 4.61. The summed E-state index contributed by atoms with van der Waals surface area (Å²) in [6.07, 6.45) is 10.7. The van der Waals surface area contributed by atoms with E-state index in [1.54, 1.807) is 0 Å². The van der Waals surface area contributed by atoms with E-state index in [9.17, 15) is 9.59 Å². The number of hydrogen-bond donors (Lipinski definition) is 2. The van der Waals surface area contributed by atoms with Crippen LogP contribution in [0.4, 0.5) is 0 Å². The molecule has 30 heavy (non-hydrogen) atoms. The van der Waals surface area contributed by atoms with Gasteiger partial charge < -0.3 is 15.2 Å². The van der Waals surface area contributed by atoms with Crippen LogP contribution in [0.2, 0.25) is 0 Å². The smallest absolute Gasteiger partial charge is 0.268 e. The number of piperidine rings is 1. The number of H-pyrrole nitrogens is 1. The van der Waals surface area contributed by atoms with Crippen LogP contribution in [0.5, 0.6) is 0 Å². The maximum Gasteiger partial charge on any atom is 0.268 e. The second-order valence-electron chi connectivity index (χ2n) is 11.2. The number of rotatable bonds is 2. The fourth-order valence-corrected chi connectivity index (χ4v) is 8.31. The summed E-state index contributed by atoms with van der Waals surface area (Å²) in [7, 11) is 2.03. The SMILES string of the molecule is Cc1cc[nH]c1C(=O)NC1CC[C@H]2[C@@H]3CC[C@H]4N(C)C(=O)CC[C@]4(C)[C@H]3CC[C@]12C. The molecule has 1 saturated heterocycles. The van der Waals surface area contributed by atoms with Gasteiger partial charge in [0.25, 0.3) is 5.91 Å². The highest BCUT2D eigenvalue weighted by molar-refractivity contribution is 5.94. The van der Waals surface area contributed by atoms with Gasteiger partial charge in [-0.3, -0.25) is 9.59 Å². The highest BCUT2D eigenvalue weighted by atomic mass is 16.2. The second-order valence-corrected chi connectivity index (χ2v) is 11.2. The molecule has 5 rings (SSSR count). The van der Waals surface area contributed by atoms with Crippen LogP contribution >= 0.6 is 0 Å². The minimum Gasteiger partial charge on any atom is -0.357 e. The number of fused-ring (bicyclic) bond motifs is 5. The molecule has 0 radical (unpaired) electrons. The van der Waals surface area contributed by atoms with Crippen molar-refractivity contribution in [1.82, 2.24) is 15.2 Å². The lowest BCUT2D eigenvalue weighted by molar-refractivity contribution is -0.157. The predicted octanol–water partition coefficient (Wildman–Crippen LogP) is 4.28. The van der Waals surface area contributed by atoms with Crippen LogP contribution in [0.1, 0.15) is 81.3 Å². The third-order valence-corrected chi connectivity index (χ3v) is 10.0. The van der Waals surface area contributed by atoms with Gasteiger partial charge in [-0.1, -0.05) is 13.8 Å². The Morgan fingerprint density at radius 3 is 2.60 bits per heavy atom. The molecule has 5 nitrogen and oxygen atoms in total. The molecule has 2 amide bonds. The van der Waals surface area contributed by atoms with Gasteiger partial charge in [-0.15, -0.1) is 0 Å². The summed E-state index contributed by atoms with van der Waals surface area (Å²) in [4.78, 5) is 30.4. The van der Waals surface area contributed by atoms with Crippen molar-refractivity contribution in [3.05, 3.63) is 23.5 Å². The first-order chi connectivity index (χ1) is 14.3. The van der Waals surface area contributed by atoms with E-state index in [0.717, 1.165) is 30.7 Å². The van der Waals surface area contributed by atoms with Gasteiger partial charge in [0.05, 0.1) is 0 Å². The van der Waals surface area contributed by atoms with Gasteiger partial charge >= 0.3 is 0 Å². The highest BCUT2D eigenvalue weighted by Gasteiger charge is 2.61. The maximum absolute atomic E-state index is 12.9. The summed E-state index contributed by atoms with van der Waals surface area (Å²) >= 11 is 0. The number of aromatic amines is 1. The Hall–Kier alpha value is -1.78. The van der Waals surface area contributed by atoms with Crippen LogP contribution in [0.3, 0.4) is 0 Å². The predicted molar refractivity (Wildman–Crippen MR) is 117 cm³/mol. The first kappa shape index (κ1) is 20.1. The van der Waals surface area contributed by atoms with Gasteiger partial charge in [-0.2, -0.15) is 0 Å². The Bertz CT molecular complexity index is 862. The second kappa shape index (κ2) is 6.86. The van der Waals surface area contributed by atoms with Gasteiger partial charge in [0.1, 0.15) is 5.69 Å². The van der Waals surface area contributed by atoms with E-state index >= 15 is 0 Å². The number of aryl methyl sites for hydroxylation is 1. The van der Waals surface area contributed by atoms with Gasteiger partial charge in [-0.25, -0.2) is 0 Å². The van der Waals surface area contributed by atoms with Gasteiger partial charge in [0.15, 0.2) is 0 Å². The molecule has 2 N–H and O–H groups in total. The zero-order chi connectivity index (χ0) is 21.3. The van der Waals surface area contributed by atoms with Crippen LogP contribution in [0, 0.1) is 35.5 Å². The fourth-order valence-electron chi connectivity index (χ4n) is 8.31. The summed E-state index contributed by atoms with van der Waals surface area (Å²) in [6.45, 7) is 6.90. The Morgan fingerprint density at radius 2 is 1.87 bits per heavy atom. The van der Waals surface area contributed by atoms with Crippen LogP contribution < -0.4 is 5.32 Å². The zero-order valence-corrected chi connectivity index (χ0v) is 19.0. The lowest BCUT2D eigenvalue weighted by Gasteiger charge is -2.61. The topological polar surface area (TPSA) is 65.2 Å². The van der Waals surface area contributed by atoms with E-state index in [-0.39, 0.29) is 22.8 Å². The molecule has 0 aromatic carbocycles. The largest absolute Gasteiger partial charge is 0.357 e. The molecular formula is C25H37N3O2. The monoisotopic (exact) mass is 411 g/mol. The third-order valence-electron chi connectivity index (χ3n) is 10.0. The van der Waals surface area contributed by atoms with Gasteiger partial charge in [0.2, 0.25) is 5.91 Å². The fraction of sp³-hybridized carbons (Fsp3) is 0.760. The summed E-state index contributed by atoms with van der Waals surface area (Å²) < 4.78 is 0. The van der Waals surface area contributed by atoms with Crippen molar-refractivity contribution in [2.75, 3.05) is 7.05 Å². The summed E-state index contributed by atoms with van der Waals surface area (Å²) in [6, 6.07) is 2.64. The number of nitrogens with one attached hydrogen (secondary N) is 2. The Labute approximate surface area is 180 Å². The Morgan fingerprint density at radius 1 is 1.10 bits per heavy atom. The van der Waals surface area contributed by atoms with E-state index in [2.05, 4.69) is 29.0 Å². The van der Waals surface area contributed by atoms with Crippen LogP contribution in [-0.2, 0) is 4.79 Å². The van der Waals surface area contributed by atoms with Crippen LogP contribution in [-0.4, -0.2) is 40.8 Å². The number of amides is 2. The van der Waals surface area contributed by atoms with Crippen molar-refractivity contribution >= 4 is 11.8 Å². The first-order valence-electron chi connectivity index (χ1n) is 12.0. The van der Waals surface area contributed by atoms with E-state index in [0.29, 0.717) is 35.9 Å². The standard InChI is InChI=1S/C25H37N3O2/c1-15-11-14-26-22(15)23(30)27-19-7-6-17-16-5-8-20-25(3,13-10-21(29)28(20)4)18(16)9-12-24(17,19)2/h11,14,16-20,26H,5-10,12-13H2,1-4H3,(H,27,30)/t16-,17-,18-,19?,20+,24-,25+/m0/s1. The molecule has 1 aromatic rings. The molecule has 1 aliphatic heterocycles.